The molecule has 3 heterocycles. The van der Waals surface area contributed by atoms with Gasteiger partial charge in [0, 0.05) is 16.7 Å². The van der Waals surface area contributed by atoms with Crippen LogP contribution in [0.4, 0.5) is 0 Å². The lowest BCUT2D eigenvalue weighted by Gasteiger charge is -1.96. The van der Waals surface area contributed by atoms with Gasteiger partial charge in [0.05, 0.1) is 0 Å². The van der Waals surface area contributed by atoms with E-state index in [0.717, 1.165) is 21.4 Å². The number of hydrogen-bond acceptors (Lipinski definition) is 6. The fourth-order valence-electron chi connectivity index (χ4n) is 2.32. The summed E-state index contributed by atoms with van der Waals surface area (Å²) in [5.74, 6) is 1.19. The quantitative estimate of drug-likeness (QED) is 0.540. The Morgan fingerprint density at radius 1 is 1.16 bits per heavy atom. The van der Waals surface area contributed by atoms with Crippen molar-refractivity contribution in [3.8, 4) is 11.3 Å². The molecule has 6 nitrogen and oxygen atoms in total. The van der Waals surface area contributed by atoms with Crippen LogP contribution in [0.15, 0.2) is 50.4 Å². The van der Waals surface area contributed by atoms with Crippen LogP contribution >= 0.6 is 22.9 Å². The van der Waals surface area contributed by atoms with Gasteiger partial charge in [-0.15, -0.1) is 0 Å². The minimum atomic E-state index is -0.434. The van der Waals surface area contributed by atoms with E-state index in [0.29, 0.717) is 21.1 Å². The molecule has 8 heteroatoms. The second-order valence-corrected chi connectivity index (χ2v) is 6.77. The van der Waals surface area contributed by atoms with Crippen LogP contribution in [0.1, 0.15) is 11.5 Å². The second-order valence-electron chi connectivity index (χ2n) is 5.32. The Morgan fingerprint density at radius 2 is 1.92 bits per heavy atom. The van der Waals surface area contributed by atoms with Gasteiger partial charge in [0.25, 0.3) is 11.1 Å². The van der Waals surface area contributed by atoms with Crippen molar-refractivity contribution in [2.45, 2.75) is 6.92 Å². The predicted octanol–water partition coefficient (Wildman–Crippen LogP) is 2.28. The van der Waals surface area contributed by atoms with E-state index in [9.17, 15) is 9.59 Å². The van der Waals surface area contributed by atoms with Gasteiger partial charge in [-0.1, -0.05) is 22.9 Å². The number of aryl methyl sites for hydroxylation is 1. The molecule has 0 spiro atoms. The minimum Gasteiger partial charge on any atom is -0.457 e. The molecule has 0 N–H and O–H groups in total. The summed E-state index contributed by atoms with van der Waals surface area (Å²) in [4.78, 5) is 28.1. The molecular weight excluding hydrogens is 362 g/mol. The SMILES string of the molecule is Cc1nn2c(=O)c(=Cc3ccc(-c4ccc(Cl)cc4)o3)sc2nc1=O. The summed E-state index contributed by atoms with van der Waals surface area (Å²) in [6, 6.07) is 10.8. The molecule has 0 bridgehead atoms. The molecule has 0 amide bonds. The standard InChI is InChI=1S/C17H10ClN3O3S/c1-9-15(22)19-17-21(20-9)16(23)14(25-17)8-12-6-7-13(24-12)10-2-4-11(18)5-3-10/h2-8H,1H3. The largest absolute Gasteiger partial charge is 0.457 e. The number of halogens is 1. The van der Waals surface area contributed by atoms with E-state index in [4.69, 9.17) is 16.0 Å². The van der Waals surface area contributed by atoms with E-state index >= 15 is 0 Å². The number of hydrogen-bond donors (Lipinski definition) is 0. The maximum atomic E-state index is 12.4. The smallest absolute Gasteiger partial charge is 0.295 e. The number of aromatic nitrogens is 3. The second kappa shape index (κ2) is 5.94. The van der Waals surface area contributed by atoms with Crippen LogP contribution in [0.3, 0.4) is 0 Å². The fraction of sp³-hybridized carbons (Fsp3) is 0.0588. The van der Waals surface area contributed by atoms with Crippen LogP contribution in [0.2, 0.25) is 5.02 Å². The van der Waals surface area contributed by atoms with Gasteiger partial charge in [0.2, 0.25) is 4.96 Å². The molecule has 4 aromatic rings. The van der Waals surface area contributed by atoms with E-state index in [1.54, 1.807) is 24.3 Å². The molecule has 25 heavy (non-hydrogen) atoms. The molecule has 0 aliphatic carbocycles. The van der Waals surface area contributed by atoms with E-state index in [1.807, 2.05) is 18.2 Å². The lowest BCUT2D eigenvalue weighted by atomic mass is 10.2. The number of thiazole rings is 1. The highest BCUT2D eigenvalue weighted by Crippen LogP contribution is 2.24. The first-order valence-electron chi connectivity index (χ1n) is 7.29. The van der Waals surface area contributed by atoms with E-state index < -0.39 is 5.56 Å². The summed E-state index contributed by atoms with van der Waals surface area (Å²) in [6.07, 6.45) is 1.61. The predicted molar refractivity (Wildman–Crippen MR) is 96.1 cm³/mol. The van der Waals surface area contributed by atoms with Crippen molar-refractivity contribution in [1.82, 2.24) is 14.6 Å². The monoisotopic (exact) mass is 371 g/mol. The van der Waals surface area contributed by atoms with Crippen LogP contribution in [0.5, 0.6) is 0 Å². The molecule has 4 rings (SSSR count). The Labute approximate surface area is 149 Å². The summed E-state index contributed by atoms with van der Waals surface area (Å²) >= 11 is 6.98. The maximum Gasteiger partial charge on any atom is 0.295 e. The van der Waals surface area contributed by atoms with Crippen molar-refractivity contribution >= 4 is 34.0 Å². The first-order chi connectivity index (χ1) is 12.0. The zero-order valence-electron chi connectivity index (χ0n) is 12.9. The molecule has 0 saturated heterocycles. The van der Waals surface area contributed by atoms with Crippen molar-refractivity contribution < 1.29 is 4.42 Å². The Hall–Kier alpha value is -2.77. The normalized spacial score (nSPS) is 12.2. The molecule has 0 atom stereocenters. The maximum absolute atomic E-state index is 12.4. The zero-order valence-corrected chi connectivity index (χ0v) is 14.5. The number of fused-ring (bicyclic) bond motifs is 1. The summed E-state index contributed by atoms with van der Waals surface area (Å²) in [7, 11) is 0. The number of furan rings is 1. The van der Waals surface area contributed by atoms with Crippen molar-refractivity contribution in [2.24, 2.45) is 0 Å². The molecule has 0 aliphatic rings. The van der Waals surface area contributed by atoms with Gasteiger partial charge < -0.3 is 4.42 Å². The van der Waals surface area contributed by atoms with Crippen LogP contribution in [0.25, 0.3) is 22.4 Å². The van der Waals surface area contributed by atoms with Crippen molar-refractivity contribution in [3.63, 3.8) is 0 Å². The first-order valence-corrected chi connectivity index (χ1v) is 8.49. The Bertz CT molecular complexity index is 1260. The van der Waals surface area contributed by atoms with Crippen LogP contribution in [-0.2, 0) is 0 Å². The van der Waals surface area contributed by atoms with Gasteiger partial charge in [-0.3, -0.25) is 9.59 Å². The van der Waals surface area contributed by atoms with E-state index in [2.05, 4.69) is 10.1 Å². The summed E-state index contributed by atoms with van der Waals surface area (Å²) < 4.78 is 7.30. The molecular formula is C17H10ClN3O3S. The molecule has 0 unspecified atom stereocenters. The third-order valence-corrected chi connectivity index (χ3v) is 4.78. The van der Waals surface area contributed by atoms with Crippen molar-refractivity contribution in [2.75, 3.05) is 0 Å². The van der Waals surface area contributed by atoms with Gasteiger partial charge in [-0.05, 0) is 43.3 Å². The summed E-state index contributed by atoms with van der Waals surface area (Å²) in [6.45, 7) is 1.52. The summed E-state index contributed by atoms with van der Waals surface area (Å²) in [5.41, 5.74) is 0.296. The molecule has 0 fully saturated rings. The number of nitrogens with zero attached hydrogens (tertiary/aromatic N) is 3. The Balaban J connectivity index is 1.80. The highest BCUT2D eigenvalue weighted by Gasteiger charge is 2.09. The van der Waals surface area contributed by atoms with Gasteiger partial charge in [0.1, 0.15) is 21.7 Å². The van der Waals surface area contributed by atoms with Crippen LogP contribution < -0.4 is 15.7 Å². The molecule has 124 valence electrons. The molecule has 0 saturated carbocycles. The van der Waals surface area contributed by atoms with Crippen molar-refractivity contribution in [3.05, 3.63) is 78.1 Å². The Morgan fingerprint density at radius 3 is 2.68 bits per heavy atom. The lowest BCUT2D eigenvalue weighted by Crippen LogP contribution is -2.27. The third kappa shape index (κ3) is 2.88. The van der Waals surface area contributed by atoms with Gasteiger partial charge >= 0.3 is 0 Å². The van der Waals surface area contributed by atoms with E-state index in [1.165, 1.54) is 6.92 Å². The number of rotatable bonds is 2. The van der Waals surface area contributed by atoms with Crippen LogP contribution in [-0.4, -0.2) is 14.6 Å². The van der Waals surface area contributed by atoms with Crippen LogP contribution in [0, 0.1) is 6.92 Å². The minimum absolute atomic E-state index is 0.182. The molecule has 0 aliphatic heterocycles. The zero-order chi connectivity index (χ0) is 17.6. The topological polar surface area (TPSA) is 77.5 Å². The number of benzene rings is 1. The lowest BCUT2D eigenvalue weighted by molar-refractivity contribution is 0.571. The highest BCUT2D eigenvalue weighted by atomic mass is 35.5. The Kier molecular flexibility index (Phi) is 3.74. The highest BCUT2D eigenvalue weighted by molar-refractivity contribution is 7.15. The van der Waals surface area contributed by atoms with Gasteiger partial charge in [-0.25, -0.2) is 0 Å². The molecule has 3 aromatic heterocycles. The van der Waals surface area contributed by atoms with E-state index in [-0.39, 0.29) is 16.2 Å². The summed E-state index contributed by atoms with van der Waals surface area (Å²) in [5, 5.41) is 4.62. The fourth-order valence-corrected chi connectivity index (χ4v) is 3.33. The average molecular weight is 372 g/mol. The van der Waals surface area contributed by atoms with Gasteiger partial charge in [-0.2, -0.15) is 14.6 Å². The van der Waals surface area contributed by atoms with Gasteiger partial charge in [0.15, 0.2) is 0 Å². The van der Waals surface area contributed by atoms with Crippen molar-refractivity contribution in [1.29, 1.82) is 0 Å². The third-order valence-electron chi connectivity index (χ3n) is 3.57. The average Bonchev–Trinajstić information content (AvgIpc) is 3.16. The molecule has 1 aromatic carbocycles. The first kappa shape index (κ1) is 15.7. The molecule has 0 radical (unpaired) electrons.